The maximum absolute atomic E-state index is 13.0. The number of aromatic amines is 1. The second kappa shape index (κ2) is 5.96. The molecule has 0 saturated heterocycles. The maximum Gasteiger partial charge on any atom is 0.416 e. The maximum atomic E-state index is 13.0. The Hall–Kier alpha value is -1.75. The summed E-state index contributed by atoms with van der Waals surface area (Å²) in [7, 11) is 0. The molecule has 0 radical (unpaired) electrons. The van der Waals surface area contributed by atoms with Crippen LogP contribution >= 0.6 is 11.3 Å². The molecule has 1 saturated carbocycles. The van der Waals surface area contributed by atoms with Crippen molar-refractivity contribution >= 4 is 22.2 Å². The minimum absolute atomic E-state index is 0.446. The first-order chi connectivity index (χ1) is 11.5. The van der Waals surface area contributed by atoms with Gasteiger partial charge in [-0.05, 0) is 47.9 Å². The average molecular weight is 349 g/mol. The molecular weight excluding hydrogens is 331 g/mol. The molecule has 1 aliphatic rings. The number of alkyl halides is 3. The van der Waals surface area contributed by atoms with Crippen LogP contribution < -0.4 is 0 Å². The number of nitrogens with one attached hydrogen (secondary N) is 1. The summed E-state index contributed by atoms with van der Waals surface area (Å²) < 4.78 is 39.1. The summed E-state index contributed by atoms with van der Waals surface area (Å²) in [5, 5.41) is 2.97. The lowest BCUT2D eigenvalue weighted by atomic mass is 9.96. The first kappa shape index (κ1) is 15.8. The van der Waals surface area contributed by atoms with E-state index in [0.29, 0.717) is 11.4 Å². The van der Waals surface area contributed by atoms with Crippen LogP contribution in [0.5, 0.6) is 0 Å². The summed E-state index contributed by atoms with van der Waals surface area (Å²) in [4.78, 5) is 4.58. The van der Waals surface area contributed by atoms with Gasteiger partial charge in [0.1, 0.15) is 0 Å². The van der Waals surface area contributed by atoms with E-state index in [1.165, 1.54) is 35.4 Å². The third kappa shape index (κ3) is 2.86. The summed E-state index contributed by atoms with van der Waals surface area (Å²) in [6.45, 7) is 0. The number of halogens is 3. The summed E-state index contributed by atoms with van der Waals surface area (Å²) in [6, 6.07) is 8.20. The normalized spacial score (nSPS) is 16.3. The molecule has 1 N–H and O–H groups in total. The fourth-order valence-corrected chi connectivity index (χ4v) is 4.51. The molecule has 0 unspecified atom stereocenters. The van der Waals surface area contributed by atoms with Crippen molar-refractivity contribution in [3.63, 3.8) is 0 Å². The number of benzene rings is 1. The molecule has 5 heteroatoms. The molecule has 0 atom stereocenters. The van der Waals surface area contributed by atoms with Crippen LogP contribution in [0.3, 0.4) is 0 Å². The van der Waals surface area contributed by atoms with Crippen LogP contribution in [0.25, 0.3) is 10.9 Å². The van der Waals surface area contributed by atoms with Crippen molar-refractivity contribution in [3.05, 3.63) is 57.4 Å². The van der Waals surface area contributed by atoms with E-state index in [1.54, 1.807) is 17.4 Å². The highest BCUT2D eigenvalue weighted by molar-refractivity contribution is 7.09. The van der Waals surface area contributed by atoms with Crippen molar-refractivity contribution in [1.29, 1.82) is 0 Å². The van der Waals surface area contributed by atoms with Crippen molar-refractivity contribution in [2.24, 2.45) is 0 Å². The second-order valence-electron chi connectivity index (χ2n) is 6.51. The third-order valence-corrected chi connectivity index (χ3v) is 5.84. The van der Waals surface area contributed by atoms with Gasteiger partial charge >= 0.3 is 6.18 Å². The molecule has 1 nitrogen and oxygen atoms in total. The van der Waals surface area contributed by atoms with E-state index in [2.05, 4.69) is 11.1 Å². The molecule has 2 heterocycles. The monoisotopic (exact) mass is 349 g/mol. The minimum atomic E-state index is -4.30. The van der Waals surface area contributed by atoms with Crippen LogP contribution in [0, 0.1) is 0 Å². The van der Waals surface area contributed by atoms with E-state index in [4.69, 9.17) is 0 Å². The zero-order valence-corrected chi connectivity index (χ0v) is 13.9. The van der Waals surface area contributed by atoms with Gasteiger partial charge in [-0.1, -0.05) is 25.0 Å². The van der Waals surface area contributed by atoms with Gasteiger partial charge in [0.2, 0.25) is 0 Å². The van der Waals surface area contributed by atoms with Crippen molar-refractivity contribution < 1.29 is 13.2 Å². The van der Waals surface area contributed by atoms with E-state index in [0.717, 1.165) is 30.3 Å². The zero-order valence-electron chi connectivity index (χ0n) is 13.1. The third-order valence-electron chi connectivity index (χ3n) is 4.96. The largest absolute Gasteiger partial charge is 0.416 e. The Labute approximate surface area is 142 Å². The van der Waals surface area contributed by atoms with E-state index in [9.17, 15) is 13.2 Å². The Morgan fingerprint density at radius 3 is 2.58 bits per heavy atom. The van der Waals surface area contributed by atoms with Crippen LogP contribution in [0.4, 0.5) is 13.2 Å². The molecule has 0 amide bonds. The van der Waals surface area contributed by atoms with Gasteiger partial charge in [-0.2, -0.15) is 13.2 Å². The predicted molar refractivity (Wildman–Crippen MR) is 91.6 cm³/mol. The minimum Gasteiger partial charge on any atom is -0.358 e. The van der Waals surface area contributed by atoms with Gasteiger partial charge in [-0.15, -0.1) is 11.3 Å². The molecule has 24 heavy (non-hydrogen) atoms. The molecule has 3 aromatic rings. The van der Waals surface area contributed by atoms with Gasteiger partial charge in [0, 0.05) is 27.9 Å². The number of thiophene rings is 1. The molecular formula is C19H18F3NS. The van der Waals surface area contributed by atoms with Crippen molar-refractivity contribution in [2.75, 3.05) is 0 Å². The highest BCUT2D eigenvalue weighted by atomic mass is 32.1. The predicted octanol–water partition coefficient (Wildman–Crippen LogP) is 6.50. The summed E-state index contributed by atoms with van der Waals surface area (Å²) in [5.41, 5.74) is 2.35. The first-order valence-corrected chi connectivity index (χ1v) is 9.14. The molecule has 0 bridgehead atoms. The molecule has 4 rings (SSSR count). The molecule has 1 fully saturated rings. The van der Waals surface area contributed by atoms with E-state index in [1.807, 2.05) is 11.4 Å². The van der Waals surface area contributed by atoms with Crippen LogP contribution in [0.1, 0.15) is 53.3 Å². The first-order valence-electron chi connectivity index (χ1n) is 8.26. The fraction of sp³-hybridized carbons (Fsp3) is 0.368. The Kier molecular flexibility index (Phi) is 3.91. The highest BCUT2D eigenvalue weighted by Gasteiger charge is 2.31. The highest BCUT2D eigenvalue weighted by Crippen LogP contribution is 2.40. The van der Waals surface area contributed by atoms with Gasteiger partial charge in [-0.25, -0.2) is 0 Å². The van der Waals surface area contributed by atoms with E-state index < -0.39 is 11.7 Å². The van der Waals surface area contributed by atoms with Gasteiger partial charge < -0.3 is 4.98 Å². The Bertz CT molecular complexity index is 839. The van der Waals surface area contributed by atoms with Gasteiger partial charge in [0.15, 0.2) is 0 Å². The second-order valence-corrected chi connectivity index (χ2v) is 7.55. The number of hydrogen-bond donors (Lipinski definition) is 1. The fourth-order valence-electron chi connectivity index (χ4n) is 3.79. The summed E-state index contributed by atoms with van der Waals surface area (Å²) in [6.07, 6.45) is 1.13. The van der Waals surface area contributed by atoms with Crippen molar-refractivity contribution in [3.8, 4) is 0 Å². The quantitative estimate of drug-likeness (QED) is 0.556. The van der Waals surface area contributed by atoms with Gasteiger partial charge in [-0.3, -0.25) is 0 Å². The summed E-state index contributed by atoms with van der Waals surface area (Å²) in [5.74, 6) is 0.446. The standard InChI is InChI=1S/C19H18F3NS/c20-19(21,22)13-7-8-15-16(11-14-6-3-9-24-14)18(23-17(15)10-13)12-4-1-2-5-12/h3,6-10,12,23H,1-2,4-5,11H2. The smallest absolute Gasteiger partial charge is 0.358 e. The van der Waals surface area contributed by atoms with Crippen LogP contribution in [-0.2, 0) is 12.6 Å². The topological polar surface area (TPSA) is 15.8 Å². The van der Waals surface area contributed by atoms with Crippen molar-refractivity contribution in [2.45, 2.75) is 44.2 Å². The van der Waals surface area contributed by atoms with Crippen molar-refractivity contribution in [1.82, 2.24) is 4.98 Å². The van der Waals surface area contributed by atoms with Gasteiger partial charge in [0.05, 0.1) is 5.56 Å². The zero-order chi connectivity index (χ0) is 16.7. The molecule has 0 spiro atoms. The molecule has 1 aromatic carbocycles. The molecule has 126 valence electrons. The number of fused-ring (bicyclic) bond motifs is 1. The Morgan fingerprint density at radius 2 is 1.92 bits per heavy atom. The van der Waals surface area contributed by atoms with Crippen LogP contribution in [0.2, 0.25) is 0 Å². The average Bonchev–Trinajstić information content (AvgIpc) is 3.27. The van der Waals surface area contributed by atoms with Gasteiger partial charge in [0.25, 0.3) is 0 Å². The SMILES string of the molecule is FC(F)(F)c1ccc2c(Cc3cccs3)c(C3CCCC3)[nH]c2c1. The van der Waals surface area contributed by atoms with E-state index >= 15 is 0 Å². The number of H-pyrrole nitrogens is 1. The number of rotatable bonds is 3. The number of aromatic nitrogens is 1. The summed E-state index contributed by atoms with van der Waals surface area (Å²) >= 11 is 1.69. The lowest BCUT2D eigenvalue weighted by Crippen LogP contribution is -2.04. The molecule has 2 aromatic heterocycles. The Morgan fingerprint density at radius 1 is 1.12 bits per heavy atom. The molecule has 1 aliphatic carbocycles. The Balaban J connectivity index is 1.84. The lowest BCUT2D eigenvalue weighted by Gasteiger charge is -2.10. The van der Waals surface area contributed by atoms with Crippen LogP contribution in [-0.4, -0.2) is 4.98 Å². The van der Waals surface area contributed by atoms with Crippen LogP contribution in [0.15, 0.2) is 35.7 Å². The van der Waals surface area contributed by atoms with E-state index in [-0.39, 0.29) is 0 Å². The lowest BCUT2D eigenvalue weighted by molar-refractivity contribution is -0.137. The molecule has 0 aliphatic heterocycles. The number of hydrogen-bond acceptors (Lipinski definition) is 1.